The van der Waals surface area contributed by atoms with E-state index in [1.165, 1.54) is 6.42 Å². The molecule has 2 atom stereocenters. The van der Waals surface area contributed by atoms with Crippen molar-refractivity contribution in [2.45, 2.75) is 33.1 Å². The fourth-order valence-corrected chi connectivity index (χ4v) is 3.41. The van der Waals surface area contributed by atoms with E-state index >= 15 is 0 Å². The van der Waals surface area contributed by atoms with E-state index in [1.807, 2.05) is 26.0 Å². The van der Waals surface area contributed by atoms with Crippen molar-refractivity contribution in [1.29, 1.82) is 0 Å². The Labute approximate surface area is 107 Å². The SMILES string of the molecule is Cc1cc(C(=O)C2CC3CC3C2)c(C)cc1Cl. The molecular weight excluding hydrogens is 232 g/mol. The van der Waals surface area contributed by atoms with Gasteiger partial charge >= 0.3 is 0 Å². The molecule has 0 spiro atoms. The third kappa shape index (κ3) is 1.91. The Morgan fingerprint density at radius 1 is 1.12 bits per heavy atom. The van der Waals surface area contributed by atoms with Crippen LogP contribution in [0.1, 0.15) is 40.7 Å². The first-order chi connectivity index (χ1) is 8.06. The van der Waals surface area contributed by atoms with Gasteiger partial charge in [-0.2, -0.15) is 0 Å². The number of halogens is 1. The first-order valence-corrected chi connectivity index (χ1v) is 6.75. The molecule has 2 unspecified atom stereocenters. The minimum absolute atomic E-state index is 0.276. The summed E-state index contributed by atoms with van der Waals surface area (Å²) in [5.74, 6) is 2.34. The number of ketones is 1. The molecule has 2 heteroatoms. The van der Waals surface area contributed by atoms with Gasteiger partial charge in [-0.3, -0.25) is 4.79 Å². The van der Waals surface area contributed by atoms with Gasteiger partial charge in [-0.1, -0.05) is 11.6 Å². The second-order valence-electron chi connectivity index (χ2n) is 5.70. The average Bonchev–Trinajstić information content (AvgIpc) is 2.90. The lowest BCUT2D eigenvalue weighted by Crippen LogP contribution is -2.14. The number of Topliss-reactive ketones (excluding diaryl/α,β-unsaturated/α-hetero) is 1. The fourth-order valence-electron chi connectivity index (χ4n) is 3.20. The largest absolute Gasteiger partial charge is 0.294 e. The van der Waals surface area contributed by atoms with Crippen molar-refractivity contribution in [2.75, 3.05) is 0 Å². The molecule has 0 N–H and O–H groups in total. The van der Waals surface area contributed by atoms with Crippen LogP contribution in [-0.2, 0) is 0 Å². The van der Waals surface area contributed by atoms with Crippen LogP contribution < -0.4 is 0 Å². The average molecular weight is 249 g/mol. The van der Waals surface area contributed by atoms with Gasteiger partial charge in [0.1, 0.15) is 0 Å². The number of benzene rings is 1. The predicted molar refractivity (Wildman–Crippen MR) is 69.6 cm³/mol. The van der Waals surface area contributed by atoms with Gasteiger partial charge in [0.15, 0.2) is 5.78 Å². The number of aryl methyl sites for hydroxylation is 2. The molecule has 0 amide bonds. The molecule has 2 aliphatic carbocycles. The highest BCUT2D eigenvalue weighted by Gasteiger charge is 2.48. The van der Waals surface area contributed by atoms with Gasteiger partial charge in [0.25, 0.3) is 0 Å². The van der Waals surface area contributed by atoms with Crippen LogP contribution in [0.4, 0.5) is 0 Å². The first-order valence-electron chi connectivity index (χ1n) is 6.37. The fraction of sp³-hybridized carbons (Fsp3) is 0.533. The van der Waals surface area contributed by atoms with Crippen molar-refractivity contribution in [3.63, 3.8) is 0 Å². The van der Waals surface area contributed by atoms with Crippen molar-refractivity contribution < 1.29 is 4.79 Å². The minimum atomic E-state index is 0.276. The van der Waals surface area contributed by atoms with E-state index in [1.54, 1.807) is 0 Å². The summed E-state index contributed by atoms with van der Waals surface area (Å²) in [5.41, 5.74) is 2.91. The third-order valence-electron chi connectivity index (χ3n) is 4.39. The molecular formula is C15H17ClO. The maximum atomic E-state index is 12.5. The number of fused-ring (bicyclic) bond motifs is 1. The first kappa shape index (κ1) is 11.3. The zero-order valence-corrected chi connectivity index (χ0v) is 11.1. The molecule has 3 rings (SSSR count). The van der Waals surface area contributed by atoms with Crippen molar-refractivity contribution in [2.24, 2.45) is 17.8 Å². The molecule has 0 aliphatic heterocycles. The van der Waals surface area contributed by atoms with Crippen molar-refractivity contribution in [3.05, 3.63) is 33.8 Å². The molecule has 0 bridgehead atoms. The molecule has 2 saturated carbocycles. The Kier molecular flexibility index (Phi) is 2.55. The van der Waals surface area contributed by atoms with Crippen LogP contribution in [-0.4, -0.2) is 5.78 Å². The number of carbonyl (C=O) groups is 1. The molecule has 1 nitrogen and oxygen atoms in total. The number of carbonyl (C=O) groups excluding carboxylic acids is 1. The quantitative estimate of drug-likeness (QED) is 0.718. The van der Waals surface area contributed by atoms with Gasteiger partial charge in [0.2, 0.25) is 0 Å². The smallest absolute Gasteiger partial charge is 0.166 e. The van der Waals surface area contributed by atoms with E-state index in [0.717, 1.165) is 46.4 Å². The Bertz CT molecular complexity index is 482. The lowest BCUT2D eigenvalue weighted by molar-refractivity contribution is 0.0914. The van der Waals surface area contributed by atoms with Crippen LogP contribution in [0.2, 0.25) is 5.02 Å². The van der Waals surface area contributed by atoms with E-state index in [2.05, 4.69) is 0 Å². The van der Waals surface area contributed by atoms with E-state index in [-0.39, 0.29) is 5.92 Å². The lowest BCUT2D eigenvalue weighted by atomic mass is 9.90. The van der Waals surface area contributed by atoms with Crippen LogP contribution in [0.3, 0.4) is 0 Å². The minimum Gasteiger partial charge on any atom is -0.294 e. The molecule has 0 radical (unpaired) electrons. The van der Waals surface area contributed by atoms with E-state index in [0.29, 0.717) is 5.78 Å². The molecule has 1 aromatic rings. The highest BCUT2D eigenvalue weighted by atomic mass is 35.5. The number of rotatable bonds is 2. The van der Waals surface area contributed by atoms with Crippen molar-refractivity contribution in [1.82, 2.24) is 0 Å². The summed E-state index contributed by atoms with van der Waals surface area (Å²) >= 11 is 6.07. The molecule has 0 aromatic heterocycles. The molecule has 2 fully saturated rings. The van der Waals surface area contributed by atoms with Gasteiger partial charge in [0.05, 0.1) is 0 Å². The molecule has 0 saturated heterocycles. The zero-order valence-electron chi connectivity index (χ0n) is 10.3. The normalized spacial score (nSPS) is 30.2. The second kappa shape index (κ2) is 3.84. The zero-order chi connectivity index (χ0) is 12.2. The van der Waals surface area contributed by atoms with Gasteiger partial charge in [0, 0.05) is 16.5 Å². The third-order valence-corrected chi connectivity index (χ3v) is 4.79. The molecule has 2 aliphatic rings. The van der Waals surface area contributed by atoms with Gasteiger partial charge in [-0.15, -0.1) is 0 Å². The number of hydrogen-bond acceptors (Lipinski definition) is 1. The monoisotopic (exact) mass is 248 g/mol. The summed E-state index contributed by atoms with van der Waals surface area (Å²) in [7, 11) is 0. The van der Waals surface area contributed by atoms with Crippen LogP contribution >= 0.6 is 11.6 Å². The number of hydrogen-bond donors (Lipinski definition) is 0. The van der Waals surface area contributed by atoms with Crippen LogP contribution in [0, 0.1) is 31.6 Å². The molecule has 1 aromatic carbocycles. The van der Waals surface area contributed by atoms with Crippen molar-refractivity contribution in [3.8, 4) is 0 Å². The van der Waals surface area contributed by atoms with Crippen LogP contribution in [0.5, 0.6) is 0 Å². The summed E-state index contributed by atoms with van der Waals surface area (Å²) in [6, 6.07) is 3.88. The molecule has 17 heavy (non-hydrogen) atoms. The second-order valence-corrected chi connectivity index (χ2v) is 6.11. The van der Waals surface area contributed by atoms with Gasteiger partial charge < -0.3 is 0 Å². The van der Waals surface area contributed by atoms with Crippen molar-refractivity contribution >= 4 is 17.4 Å². The highest BCUT2D eigenvalue weighted by molar-refractivity contribution is 6.31. The Morgan fingerprint density at radius 2 is 1.76 bits per heavy atom. The van der Waals surface area contributed by atoms with E-state index in [9.17, 15) is 4.79 Å². The summed E-state index contributed by atoms with van der Waals surface area (Å²) in [5, 5.41) is 0.758. The Morgan fingerprint density at radius 3 is 2.41 bits per heavy atom. The summed E-state index contributed by atoms with van der Waals surface area (Å²) in [6.07, 6.45) is 3.59. The predicted octanol–water partition coefficient (Wildman–Crippen LogP) is 4.19. The summed E-state index contributed by atoms with van der Waals surface area (Å²) in [6.45, 7) is 3.94. The van der Waals surface area contributed by atoms with Crippen LogP contribution in [0.15, 0.2) is 12.1 Å². The maximum absolute atomic E-state index is 12.5. The summed E-state index contributed by atoms with van der Waals surface area (Å²) < 4.78 is 0. The topological polar surface area (TPSA) is 17.1 Å². The Hall–Kier alpha value is -0.820. The summed E-state index contributed by atoms with van der Waals surface area (Å²) in [4.78, 5) is 12.5. The highest BCUT2D eigenvalue weighted by Crippen LogP contribution is 2.55. The maximum Gasteiger partial charge on any atom is 0.166 e. The van der Waals surface area contributed by atoms with Gasteiger partial charge in [-0.05, 0) is 68.2 Å². The standard InChI is InChI=1S/C15H17ClO/c1-8-4-14(16)9(2)3-13(8)15(17)12-6-10-5-11(10)7-12/h3-4,10-12H,5-7H2,1-2H3. The Balaban J connectivity index is 1.88. The molecule has 0 heterocycles. The van der Waals surface area contributed by atoms with Crippen LogP contribution in [0.25, 0.3) is 0 Å². The van der Waals surface area contributed by atoms with E-state index < -0.39 is 0 Å². The van der Waals surface area contributed by atoms with E-state index in [4.69, 9.17) is 11.6 Å². The molecule has 90 valence electrons. The van der Waals surface area contributed by atoms with Gasteiger partial charge in [-0.25, -0.2) is 0 Å². The lowest BCUT2D eigenvalue weighted by Gasteiger charge is -2.13.